The predicted molar refractivity (Wildman–Crippen MR) is 81.3 cm³/mol. The number of ether oxygens (including phenoxy) is 1. The molecule has 1 unspecified atom stereocenters. The van der Waals surface area contributed by atoms with Crippen LogP contribution in [0.4, 0.5) is 5.69 Å². The molecule has 1 aromatic carbocycles. The van der Waals surface area contributed by atoms with Crippen LogP contribution < -0.4 is 15.4 Å². The zero-order valence-electron chi connectivity index (χ0n) is 12.5. The van der Waals surface area contributed by atoms with Crippen LogP contribution in [0.25, 0.3) is 0 Å². The summed E-state index contributed by atoms with van der Waals surface area (Å²) in [5.41, 5.74) is 1.96. The summed E-state index contributed by atoms with van der Waals surface area (Å²) in [5, 5.41) is 6.26. The van der Waals surface area contributed by atoms with Crippen molar-refractivity contribution in [3.8, 4) is 5.75 Å². The molecule has 0 radical (unpaired) electrons. The van der Waals surface area contributed by atoms with E-state index in [0.717, 1.165) is 37.4 Å². The first kappa shape index (κ1) is 14.9. The Morgan fingerprint density at radius 1 is 1.45 bits per heavy atom. The number of carbonyl (C=O) groups excluding carboxylic acids is 1. The molecule has 2 N–H and O–H groups in total. The number of hydrogen-bond acceptors (Lipinski definition) is 3. The Bertz CT molecular complexity index is 466. The van der Waals surface area contributed by atoms with Gasteiger partial charge in [-0.2, -0.15) is 0 Å². The molecule has 2 rings (SSSR count). The average molecular weight is 276 g/mol. The van der Waals surface area contributed by atoms with Crippen LogP contribution >= 0.6 is 0 Å². The summed E-state index contributed by atoms with van der Waals surface area (Å²) >= 11 is 0. The fraction of sp³-hybridized carbons (Fsp3) is 0.562. The van der Waals surface area contributed by atoms with E-state index in [9.17, 15) is 4.79 Å². The Hall–Kier alpha value is -1.55. The van der Waals surface area contributed by atoms with Crippen LogP contribution in [-0.4, -0.2) is 26.1 Å². The number of amides is 1. The predicted octanol–water partition coefficient (Wildman–Crippen LogP) is 2.76. The van der Waals surface area contributed by atoms with E-state index < -0.39 is 0 Å². The van der Waals surface area contributed by atoms with Crippen molar-refractivity contribution in [2.75, 3.05) is 25.5 Å². The van der Waals surface area contributed by atoms with Crippen LogP contribution in [0.3, 0.4) is 0 Å². The molecular weight excluding hydrogens is 252 g/mol. The van der Waals surface area contributed by atoms with Gasteiger partial charge in [-0.05, 0) is 43.0 Å². The lowest BCUT2D eigenvalue weighted by Gasteiger charge is -2.22. The molecule has 1 atom stereocenters. The molecule has 1 heterocycles. The van der Waals surface area contributed by atoms with E-state index >= 15 is 0 Å². The highest BCUT2D eigenvalue weighted by atomic mass is 16.5. The van der Waals surface area contributed by atoms with Gasteiger partial charge >= 0.3 is 0 Å². The molecule has 0 spiro atoms. The van der Waals surface area contributed by atoms with Gasteiger partial charge in [0.15, 0.2) is 0 Å². The van der Waals surface area contributed by atoms with Crippen molar-refractivity contribution in [1.29, 1.82) is 0 Å². The first-order chi connectivity index (χ1) is 9.61. The fourth-order valence-corrected chi connectivity index (χ4v) is 2.48. The molecule has 1 aliphatic rings. The third kappa shape index (κ3) is 3.51. The van der Waals surface area contributed by atoms with E-state index in [-0.39, 0.29) is 11.8 Å². The summed E-state index contributed by atoms with van der Waals surface area (Å²) in [6, 6.07) is 5.98. The van der Waals surface area contributed by atoms with E-state index in [1.807, 2.05) is 18.2 Å². The summed E-state index contributed by atoms with van der Waals surface area (Å²) < 4.78 is 5.39. The molecule has 4 nitrogen and oxygen atoms in total. The molecule has 1 amide bonds. The highest BCUT2D eigenvalue weighted by Crippen LogP contribution is 2.29. The zero-order chi connectivity index (χ0) is 14.5. The van der Waals surface area contributed by atoms with Crippen molar-refractivity contribution >= 4 is 11.6 Å². The third-order valence-electron chi connectivity index (χ3n) is 3.82. The van der Waals surface area contributed by atoms with Crippen LogP contribution in [-0.2, 0) is 4.79 Å². The van der Waals surface area contributed by atoms with Crippen molar-refractivity contribution in [2.24, 2.45) is 5.92 Å². The minimum absolute atomic E-state index is 0.0539. The molecule has 4 heteroatoms. The highest BCUT2D eigenvalue weighted by molar-refractivity contribution is 5.94. The SMILES string of the molecule is COc1cc(C(C)C)ccc1NC(=O)C1CCCNC1. The number of rotatable bonds is 4. The Morgan fingerprint density at radius 3 is 2.85 bits per heavy atom. The summed E-state index contributed by atoms with van der Waals surface area (Å²) in [6.07, 6.45) is 2.01. The van der Waals surface area contributed by atoms with Crippen LogP contribution in [0.15, 0.2) is 18.2 Å². The molecule has 1 aliphatic heterocycles. The maximum absolute atomic E-state index is 12.2. The van der Waals surface area contributed by atoms with Crippen LogP contribution in [0.2, 0.25) is 0 Å². The zero-order valence-corrected chi connectivity index (χ0v) is 12.5. The number of anilines is 1. The topological polar surface area (TPSA) is 50.4 Å². The molecule has 0 aromatic heterocycles. The monoisotopic (exact) mass is 276 g/mol. The number of methoxy groups -OCH3 is 1. The second kappa shape index (κ2) is 6.75. The number of carbonyl (C=O) groups is 1. The van der Waals surface area contributed by atoms with Crippen molar-refractivity contribution in [2.45, 2.75) is 32.6 Å². The quantitative estimate of drug-likeness (QED) is 0.889. The number of hydrogen-bond donors (Lipinski definition) is 2. The first-order valence-corrected chi connectivity index (χ1v) is 7.31. The highest BCUT2D eigenvalue weighted by Gasteiger charge is 2.21. The van der Waals surface area contributed by atoms with Gasteiger partial charge in [0.25, 0.3) is 0 Å². The lowest BCUT2D eigenvalue weighted by molar-refractivity contribution is -0.120. The van der Waals surface area contributed by atoms with Crippen molar-refractivity contribution in [1.82, 2.24) is 5.32 Å². The standard InChI is InChI=1S/C16H24N2O2/c1-11(2)12-6-7-14(15(9-12)20-3)18-16(19)13-5-4-8-17-10-13/h6-7,9,11,13,17H,4-5,8,10H2,1-3H3,(H,18,19). The second-order valence-corrected chi connectivity index (χ2v) is 5.65. The van der Waals surface area contributed by atoms with Crippen molar-refractivity contribution in [3.05, 3.63) is 23.8 Å². The van der Waals surface area contributed by atoms with Crippen molar-refractivity contribution < 1.29 is 9.53 Å². The third-order valence-corrected chi connectivity index (χ3v) is 3.82. The Kier molecular flexibility index (Phi) is 5.01. The molecule has 1 aromatic rings. The van der Waals surface area contributed by atoms with Gasteiger partial charge in [0.2, 0.25) is 5.91 Å². The maximum atomic E-state index is 12.2. The first-order valence-electron chi connectivity index (χ1n) is 7.31. The number of benzene rings is 1. The van der Waals surface area contributed by atoms with Crippen LogP contribution in [0, 0.1) is 5.92 Å². The molecule has 0 aliphatic carbocycles. The van der Waals surface area contributed by atoms with Gasteiger partial charge in [0.05, 0.1) is 18.7 Å². The van der Waals surface area contributed by atoms with Crippen LogP contribution in [0.1, 0.15) is 38.2 Å². The summed E-state index contributed by atoms with van der Waals surface area (Å²) in [5.74, 6) is 1.30. The van der Waals surface area contributed by atoms with Gasteiger partial charge in [-0.3, -0.25) is 4.79 Å². The Labute approximate surface area is 120 Å². The molecule has 110 valence electrons. The summed E-state index contributed by atoms with van der Waals surface area (Å²) in [6.45, 7) is 6.05. The second-order valence-electron chi connectivity index (χ2n) is 5.65. The Balaban J connectivity index is 2.09. The fourth-order valence-electron chi connectivity index (χ4n) is 2.48. The van der Waals surface area contributed by atoms with Gasteiger partial charge in [-0.25, -0.2) is 0 Å². The van der Waals surface area contributed by atoms with Gasteiger partial charge < -0.3 is 15.4 Å². The lowest BCUT2D eigenvalue weighted by Crippen LogP contribution is -2.37. The maximum Gasteiger partial charge on any atom is 0.228 e. The largest absolute Gasteiger partial charge is 0.495 e. The van der Waals surface area contributed by atoms with Crippen molar-refractivity contribution in [3.63, 3.8) is 0 Å². The number of nitrogens with one attached hydrogen (secondary N) is 2. The van der Waals surface area contributed by atoms with Crippen LogP contribution in [0.5, 0.6) is 5.75 Å². The smallest absolute Gasteiger partial charge is 0.228 e. The number of piperidine rings is 1. The Morgan fingerprint density at radius 2 is 2.25 bits per heavy atom. The molecular formula is C16H24N2O2. The van der Waals surface area contributed by atoms with E-state index in [1.165, 1.54) is 5.56 Å². The van der Waals surface area contributed by atoms with E-state index in [0.29, 0.717) is 5.92 Å². The summed E-state index contributed by atoms with van der Waals surface area (Å²) in [4.78, 5) is 12.2. The van der Waals surface area contributed by atoms with Gasteiger partial charge in [-0.15, -0.1) is 0 Å². The summed E-state index contributed by atoms with van der Waals surface area (Å²) in [7, 11) is 1.64. The minimum Gasteiger partial charge on any atom is -0.495 e. The molecule has 1 saturated heterocycles. The van der Waals surface area contributed by atoms with Gasteiger partial charge in [-0.1, -0.05) is 19.9 Å². The minimum atomic E-state index is 0.0539. The van der Waals surface area contributed by atoms with E-state index in [2.05, 4.69) is 24.5 Å². The van der Waals surface area contributed by atoms with Gasteiger partial charge in [0, 0.05) is 6.54 Å². The van der Waals surface area contributed by atoms with E-state index in [4.69, 9.17) is 4.74 Å². The van der Waals surface area contributed by atoms with E-state index in [1.54, 1.807) is 7.11 Å². The molecule has 1 fully saturated rings. The molecule has 0 bridgehead atoms. The molecule has 0 saturated carbocycles. The average Bonchev–Trinajstić information content (AvgIpc) is 2.48. The normalized spacial score (nSPS) is 18.9. The molecule has 20 heavy (non-hydrogen) atoms. The lowest BCUT2D eigenvalue weighted by atomic mass is 9.98. The van der Waals surface area contributed by atoms with Gasteiger partial charge in [0.1, 0.15) is 5.75 Å².